The van der Waals surface area contributed by atoms with Gasteiger partial charge in [0.25, 0.3) is 0 Å². The van der Waals surface area contributed by atoms with E-state index in [1.54, 1.807) is 27.8 Å². The fourth-order valence-electron chi connectivity index (χ4n) is 6.75. The fraction of sp³-hybridized carbons (Fsp3) is 0.519. The summed E-state index contributed by atoms with van der Waals surface area (Å²) in [6.45, 7) is 0. The Balaban J connectivity index is 1.75. The quantitative estimate of drug-likeness (QED) is 0.602. The molecule has 0 aromatic heterocycles. The van der Waals surface area contributed by atoms with E-state index in [2.05, 4.69) is 12.1 Å². The van der Waals surface area contributed by atoms with Gasteiger partial charge in [0.15, 0.2) is 5.78 Å². The second-order valence-electron chi connectivity index (χ2n) is 9.49. The van der Waals surface area contributed by atoms with Gasteiger partial charge in [-0.05, 0) is 134 Å². The number of hydrogen-bond donors (Lipinski definition) is 0. The predicted molar refractivity (Wildman–Crippen MR) is 114 cm³/mol. The van der Waals surface area contributed by atoms with E-state index in [9.17, 15) is 4.79 Å². The summed E-state index contributed by atoms with van der Waals surface area (Å²) in [4.78, 5) is 13.6. The van der Waals surface area contributed by atoms with Crippen LogP contribution < -0.4 is 0 Å². The highest BCUT2D eigenvalue weighted by Gasteiger charge is 2.28. The van der Waals surface area contributed by atoms with Crippen LogP contribution in [0, 0.1) is 0 Å². The van der Waals surface area contributed by atoms with Gasteiger partial charge in [-0.3, -0.25) is 4.79 Å². The van der Waals surface area contributed by atoms with Crippen molar-refractivity contribution in [2.24, 2.45) is 0 Å². The average Bonchev–Trinajstić information content (AvgIpc) is 2.70. The Hall–Kier alpha value is -1.89. The number of carbonyl (C=O) groups excluding carboxylic acids is 1. The molecule has 144 valence electrons. The number of aryl methyl sites for hydroxylation is 4. The van der Waals surface area contributed by atoms with Crippen molar-refractivity contribution in [3.8, 4) is 0 Å². The van der Waals surface area contributed by atoms with Gasteiger partial charge in [0.05, 0.1) is 0 Å². The molecule has 0 unspecified atom stereocenters. The number of fused-ring (bicyclic) bond motifs is 6. The van der Waals surface area contributed by atoms with Gasteiger partial charge in [0.2, 0.25) is 0 Å². The van der Waals surface area contributed by atoms with Crippen LogP contribution in [0.15, 0.2) is 12.1 Å². The Morgan fingerprint density at radius 2 is 0.857 bits per heavy atom. The second-order valence-corrected chi connectivity index (χ2v) is 9.49. The molecule has 6 rings (SSSR count). The SMILES string of the molecule is O=C1CCc2c3c4cc5c2CCCc2c(cc(c(c21)CCC3)CCC4)CCC5. The van der Waals surface area contributed by atoms with Crippen LogP contribution in [-0.2, 0) is 57.8 Å². The molecule has 0 aliphatic heterocycles. The monoisotopic (exact) mass is 370 g/mol. The zero-order valence-electron chi connectivity index (χ0n) is 17.0. The van der Waals surface area contributed by atoms with Crippen LogP contribution in [0.5, 0.6) is 0 Å². The molecule has 0 saturated heterocycles. The van der Waals surface area contributed by atoms with E-state index >= 15 is 0 Å². The van der Waals surface area contributed by atoms with Crippen LogP contribution >= 0.6 is 0 Å². The van der Waals surface area contributed by atoms with E-state index in [-0.39, 0.29) is 0 Å². The van der Waals surface area contributed by atoms with Crippen molar-refractivity contribution in [2.45, 2.75) is 89.9 Å². The Labute approximate surface area is 168 Å². The normalized spacial score (nSPS) is 20.4. The lowest BCUT2D eigenvalue weighted by molar-refractivity contribution is 0.0980. The van der Waals surface area contributed by atoms with Crippen LogP contribution in [0.3, 0.4) is 0 Å². The van der Waals surface area contributed by atoms with E-state index in [0.717, 1.165) is 32.1 Å². The minimum atomic E-state index is 0.446. The first-order chi connectivity index (χ1) is 13.8. The minimum absolute atomic E-state index is 0.446. The molecule has 1 nitrogen and oxygen atoms in total. The van der Waals surface area contributed by atoms with Crippen molar-refractivity contribution in [3.63, 3.8) is 0 Å². The molecule has 1 heteroatoms. The standard InChI is InChI=1S/C27H30O/c28-26-14-13-25-21-9-3-11-23-19-7-1-5-17(21)15-18-6-2-8-20(16-19)24(27(23)26)12-4-10-22(18)25/h15-16H,1-14H2. The third-order valence-electron chi connectivity index (χ3n) is 7.95. The molecule has 0 N–H and O–H groups in total. The summed E-state index contributed by atoms with van der Waals surface area (Å²) < 4.78 is 0. The summed E-state index contributed by atoms with van der Waals surface area (Å²) in [6, 6.07) is 5.15. The summed E-state index contributed by atoms with van der Waals surface area (Å²) in [5.74, 6) is 0.446. The molecule has 28 heavy (non-hydrogen) atoms. The summed E-state index contributed by atoms with van der Waals surface area (Å²) in [5.41, 5.74) is 15.3. The third-order valence-corrected chi connectivity index (χ3v) is 7.95. The molecule has 4 aliphatic rings. The lowest BCUT2D eigenvalue weighted by Gasteiger charge is -2.30. The molecule has 0 atom stereocenters. The first-order valence-electron chi connectivity index (χ1n) is 11.6. The molecule has 0 radical (unpaired) electrons. The summed E-state index contributed by atoms with van der Waals surface area (Å²) in [6.07, 6.45) is 15.9. The number of carbonyl (C=O) groups is 1. The number of benzene rings is 2. The Kier molecular flexibility index (Phi) is 4.00. The van der Waals surface area contributed by atoms with Crippen molar-refractivity contribution >= 4 is 5.78 Å². The maximum Gasteiger partial charge on any atom is 0.163 e. The van der Waals surface area contributed by atoms with Crippen LogP contribution in [0.2, 0.25) is 0 Å². The zero-order valence-corrected chi connectivity index (χ0v) is 17.0. The van der Waals surface area contributed by atoms with Crippen molar-refractivity contribution in [2.75, 3.05) is 0 Å². The van der Waals surface area contributed by atoms with Gasteiger partial charge >= 0.3 is 0 Å². The molecule has 2 aromatic rings. The average molecular weight is 371 g/mol. The third kappa shape index (κ3) is 2.55. The Morgan fingerprint density at radius 1 is 0.429 bits per heavy atom. The first-order valence-corrected chi connectivity index (χ1v) is 11.6. The summed E-state index contributed by atoms with van der Waals surface area (Å²) >= 11 is 0. The summed E-state index contributed by atoms with van der Waals surface area (Å²) in [7, 11) is 0. The van der Waals surface area contributed by atoms with Crippen molar-refractivity contribution in [1.82, 2.24) is 0 Å². The van der Waals surface area contributed by atoms with Crippen molar-refractivity contribution in [1.29, 1.82) is 0 Å². The molecule has 0 fully saturated rings. The van der Waals surface area contributed by atoms with E-state index < -0.39 is 0 Å². The van der Waals surface area contributed by atoms with Crippen molar-refractivity contribution in [3.05, 3.63) is 67.8 Å². The number of Topliss-reactive ketones (excluding diaryl/α,β-unsaturated/α-hetero) is 1. The lowest BCUT2D eigenvalue weighted by Crippen LogP contribution is -2.22. The zero-order chi connectivity index (χ0) is 18.7. The molecular formula is C27H30O. The fourth-order valence-corrected chi connectivity index (χ4v) is 6.75. The highest BCUT2D eigenvalue weighted by atomic mass is 16.1. The van der Waals surface area contributed by atoms with E-state index in [0.29, 0.717) is 12.2 Å². The van der Waals surface area contributed by atoms with Crippen LogP contribution in [-0.4, -0.2) is 5.78 Å². The van der Waals surface area contributed by atoms with E-state index in [4.69, 9.17) is 0 Å². The number of hydrogen-bond acceptors (Lipinski definition) is 1. The lowest BCUT2D eigenvalue weighted by atomic mass is 9.74. The van der Waals surface area contributed by atoms with Gasteiger partial charge in [0.1, 0.15) is 0 Å². The molecule has 0 spiro atoms. The number of rotatable bonds is 0. The number of ketones is 1. The van der Waals surface area contributed by atoms with Gasteiger partial charge in [-0.1, -0.05) is 12.1 Å². The Bertz CT molecular complexity index is 930. The van der Waals surface area contributed by atoms with Gasteiger partial charge in [-0.2, -0.15) is 0 Å². The smallest absolute Gasteiger partial charge is 0.163 e. The molecular weight excluding hydrogens is 340 g/mol. The molecule has 0 amide bonds. The minimum Gasteiger partial charge on any atom is -0.294 e. The van der Waals surface area contributed by atoms with Crippen molar-refractivity contribution < 1.29 is 4.79 Å². The van der Waals surface area contributed by atoms with Crippen LogP contribution in [0.1, 0.15) is 92.5 Å². The maximum absolute atomic E-state index is 13.6. The van der Waals surface area contributed by atoms with Gasteiger partial charge < -0.3 is 0 Å². The predicted octanol–water partition coefficient (Wildman–Crippen LogP) is 5.46. The highest BCUT2D eigenvalue weighted by molar-refractivity contribution is 6.00. The van der Waals surface area contributed by atoms with Gasteiger partial charge in [0, 0.05) is 12.0 Å². The van der Waals surface area contributed by atoms with Crippen LogP contribution in [0.25, 0.3) is 0 Å². The molecule has 2 aromatic carbocycles. The highest BCUT2D eigenvalue weighted by Crippen LogP contribution is 2.38. The maximum atomic E-state index is 13.6. The van der Waals surface area contributed by atoms with Crippen LogP contribution in [0.4, 0.5) is 0 Å². The molecule has 0 heterocycles. The topological polar surface area (TPSA) is 17.1 Å². The van der Waals surface area contributed by atoms with E-state index in [1.807, 2.05) is 0 Å². The van der Waals surface area contributed by atoms with E-state index in [1.165, 1.54) is 79.2 Å². The largest absolute Gasteiger partial charge is 0.294 e. The van der Waals surface area contributed by atoms with Gasteiger partial charge in [-0.15, -0.1) is 0 Å². The molecule has 4 aliphatic carbocycles. The van der Waals surface area contributed by atoms with Gasteiger partial charge in [-0.25, -0.2) is 0 Å². The molecule has 0 saturated carbocycles. The Morgan fingerprint density at radius 3 is 1.39 bits per heavy atom. The second kappa shape index (κ2) is 6.58. The first kappa shape index (κ1) is 17.0. The molecule has 6 bridgehead atoms. The summed E-state index contributed by atoms with van der Waals surface area (Å²) in [5, 5.41) is 0.